The van der Waals surface area contributed by atoms with Crippen LogP contribution in [0.1, 0.15) is 22.3 Å². The van der Waals surface area contributed by atoms with Gasteiger partial charge in [-0.05, 0) is 86.5 Å². The van der Waals surface area contributed by atoms with Crippen LogP contribution in [0, 0.1) is 20.8 Å². The van der Waals surface area contributed by atoms with Crippen molar-refractivity contribution in [2.75, 3.05) is 0 Å². The zero-order chi connectivity index (χ0) is 22.7. The quantitative estimate of drug-likeness (QED) is 0.249. The third-order valence-corrected chi connectivity index (χ3v) is 7.00. The lowest BCUT2D eigenvalue weighted by atomic mass is 9.86. The molecule has 0 saturated heterocycles. The summed E-state index contributed by atoms with van der Waals surface area (Å²) < 4.78 is 0. The van der Waals surface area contributed by atoms with Crippen LogP contribution >= 0.6 is 0 Å². The summed E-state index contributed by atoms with van der Waals surface area (Å²) in [6, 6.07) is 31.8. The Hall–Kier alpha value is -3.90. The van der Waals surface area contributed by atoms with Crippen molar-refractivity contribution < 1.29 is 0 Å². The normalized spacial score (nSPS) is 11.6. The molecule has 0 spiro atoms. The summed E-state index contributed by atoms with van der Waals surface area (Å²) >= 11 is 0. The average molecular weight is 423 g/mol. The van der Waals surface area contributed by atoms with Crippen LogP contribution in [0.3, 0.4) is 0 Å². The van der Waals surface area contributed by atoms with Crippen LogP contribution in [-0.2, 0) is 0 Å². The second-order valence-corrected chi connectivity index (χ2v) is 9.30. The molecule has 0 aliphatic carbocycles. The summed E-state index contributed by atoms with van der Waals surface area (Å²) in [7, 11) is 0. The van der Waals surface area contributed by atoms with Crippen molar-refractivity contribution in [2.24, 2.45) is 0 Å². The van der Waals surface area contributed by atoms with E-state index in [0.29, 0.717) is 0 Å². The molecule has 0 radical (unpaired) electrons. The molecule has 0 amide bonds. The number of aryl methyl sites for hydroxylation is 3. The molecular weight excluding hydrogens is 396 g/mol. The predicted molar refractivity (Wildman–Crippen MR) is 145 cm³/mol. The first kappa shape index (κ1) is 19.8. The minimum atomic E-state index is 1.19. The topological polar surface area (TPSA) is 0 Å². The Kier molecular flexibility index (Phi) is 4.38. The van der Waals surface area contributed by atoms with E-state index in [1.165, 1.54) is 76.8 Å². The van der Waals surface area contributed by atoms with E-state index in [4.69, 9.17) is 0 Å². The Bertz CT molecular complexity index is 1680. The Morgan fingerprint density at radius 3 is 1.64 bits per heavy atom. The molecule has 0 N–H and O–H groups in total. The molecule has 0 aliphatic heterocycles. The van der Waals surface area contributed by atoms with Gasteiger partial charge in [-0.15, -0.1) is 0 Å². The largest absolute Gasteiger partial charge is 0.0985 e. The van der Waals surface area contributed by atoms with Crippen molar-refractivity contribution in [3.05, 3.63) is 114 Å². The average Bonchev–Trinajstić information content (AvgIpc) is 2.81. The van der Waals surface area contributed by atoms with Gasteiger partial charge in [0.1, 0.15) is 0 Å². The molecule has 0 aromatic heterocycles. The molecule has 6 aromatic carbocycles. The molecule has 33 heavy (non-hydrogen) atoms. The highest BCUT2D eigenvalue weighted by Gasteiger charge is 2.15. The first-order valence-corrected chi connectivity index (χ1v) is 11.6. The van der Waals surface area contributed by atoms with Crippen molar-refractivity contribution >= 4 is 38.4 Å². The Labute approximate surface area is 195 Å². The van der Waals surface area contributed by atoms with Crippen molar-refractivity contribution in [1.29, 1.82) is 0 Å². The summed E-state index contributed by atoms with van der Waals surface area (Å²) in [6.45, 7) is 10.5. The van der Waals surface area contributed by atoms with Gasteiger partial charge >= 0.3 is 0 Å². The second kappa shape index (κ2) is 7.32. The SMILES string of the molecule is C=Cc1ccc(-c2ccc3ccc4c(-c5cc(C)cc(C)c5)ccc5ccc2c3c54)cc1C. The van der Waals surface area contributed by atoms with Gasteiger partial charge < -0.3 is 0 Å². The molecule has 0 heteroatoms. The van der Waals surface area contributed by atoms with Gasteiger partial charge in [0, 0.05) is 0 Å². The highest BCUT2D eigenvalue weighted by atomic mass is 14.2. The molecular formula is C33H26. The first-order valence-electron chi connectivity index (χ1n) is 11.6. The van der Waals surface area contributed by atoms with Crippen LogP contribution in [0.15, 0.2) is 91.5 Å². The maximum Gasteiger partial charge on any atom is -0.00203 e. The van der Waals surface area contributed by atoms with Crippen molar-refractivity contribution in [1.82, 2.24) is 0 Å². The third-order valence-electron chi connectivity index (χ3n) is 7.00. The van der Waals surface area contributed by atoms with Crippen LogP contribution in [0.2, 0.25) is 0 Å². The number of rotatable bonds is 3. The van der Waals surface area contributed by atoms with Gasteiger partial charge in [0.15, 0.2) is 0 Å². The Balaban J connectivity index is 1.68. The minimum absolute atomic E-state index is 1.19. The summed E-state index contributed by atoms with van der Waals surface area (Å²) in [4.78, 5) is 0. The molecule has 0 atom stereocenters. The van der Waals surface area contributed by atoms with Gasteiger partial charge in [0.2, 0.25) is 0 Å². The molecule has 0 bridgehead atoms. The lowest BCUT2D eigenvalue weighted by Gasteiger charge is -2.17. The summed E-state index contributed by atoms with van der Waals surface area (Å²) in [5, 5.41) is 7.96. The Morgan fingerprint density at radius 1 is 0.545 bits per heavy atom. The lowest BCUT2D eigenvalue weighted by Crippen LogP contribution is -1.91. The minimum Gasteiger partial charge on any atom is -0.0985 e. The monoisotopic (exact) mass is 422 g/mol. The third kappa shape index (κ3) is 3.06. The van der Waals surface area contributed by atoms with Gasteiger partial charge in [0.05, 0.1) is 0 Å². The fraction of sp³-hybridized carbons (Fsp3) is 0.0909. The van der Waals surface area contributed by atoms with E-state index >= 15 is 0 Å². The van der Waals surface area contributed by atoms with Crippen LogP contribution in [-0.4, -0.2) is 0 Å². The Morgan fingerprint density at radius 2 is 1.09 bits per heavy atom. The summed E-state index contributed by atoms with van der Waals surface area (Å²) in [6.07, 6.45) is 1.93. The van der Waals surface area contributed by atoms with Crippen molar-refractivity contribution in [2.45, 2.75) is 20.8 Å². The van der Waals surface area contributed by atoms with Gasteiger partial charge in [-0.25, -0.2) is 0 Å². The fourth-order valence-corrected chi connectivity index (χ4v) is 5.51. The van der Waals surface area contributed by atoms with Gasteiger partial charge in [0.25, 0.3) is 0 Å². The van der Waals surface area contributed by atoms with E-state index < -0.39 is 0 Å². The summed E-state index contributed by atoms with van der Waals surface area (Å²) in [5.41, 5.74) is 10.2. The molecule has 0 unspecified atom stereocenters. The molecule has 6 aromatic rings. The molecule has 0 fully saturated rings. The van der Waals surface area contributed by atoms with E-state index in [2.05, 4.69) is 112 Å². The van der Waals surface area contributed by atoms with E-state index in [1.54, 1.807) is 0 Å². The van der Waals surface area contributed by atoms with Crippen LogP contribution in [0.25, 0.3) is 60.6 Å². The highest BCUT2D eigenvalue weighted by molar-refractivity contribution is 6.27. The smallest absolute Gasteiger partial charge is 0.00203 e. The van der Waals surface area contributed by atoms with Crippen molar-refractivity contribution in [3.63, 3.8) is 0 Å². The zero-order valence-corrected chi connectivity index (χ0v) is 19.4. The summed E-state index contributed by atoms with van der Waals surface area (Å²) in [5.74, 6) is 0. The first-order chi connectivity index (χ1) is 16.0. The van der Waals surface area contributed by atoms with Gasteiger partial charge in [-0.3, -0.25) is 0 Å². The molecule has 0 heterocycles. The maximum absolute atomic E-state index is 3.94. The van der Waals surface area contributed by atoms with E-state index in [1.807, 2.05) is 6.08 Å². The van der Waals surface area contributed by atoms with Gasteiger partial charge in [-0.1, -0.05) is 109 Å². The lowest BCUT2D eigenvalue weighted by molar-refractivity contribution is 1.39. The van der Waals surface area contributed by atoms with E-state index in [-0.39, 0.29) is 0 Å². The molecule has 0 saturated carbocycles. The zero-order valence-electron chi connectivity index (χ0n) is 19.4. The van der Waals surface area contributed by atoms with Gasteiger partial charge in [-0.2, -0.15) is 0 Å². The molecule has 158 valence electrons. The number of hydrogen-bond acceptors (Lipinski definition) is 0. The van der Waals surface area contributed by atoms with Crippen LogP contribution in [0.4, 0.5) is 0 Å². The second-order valence-electron chi connectivity index (χ2n) is 9.30. The van der Waals surface area contributed by atoms with Crippen molar-refractivity contribution in [3.8, 4) is 22.3 Å². The predicted octanol–water partition coefficient (Wildman–Crippen LogP) is 9.49. The van der Waals surface area contributed by atoms with Crippen LogP contribution in [0.5, 0.6) is 0 Å². The molecule has 0 aliphatic rings. The highest BCUT2D eigenvalue weighted by Crippen LogP contribution is 2.42. The molecule has 0 nitrogen and oxygen atoms in total. The maximum atomic E-state index is 3.94. The van der Waals surface area contributed by atoms with E-state index in [9.17, 15) is 0 Å². The number of benzene rings is 6. The van der Waals surface area contributed by atoms with E-state index in [0.717, 1.165) is 0 Å². The van der Waals surface area contributed by atoms with Crippen LogP contribution < -0.4 is 0 Å². The molecule has 6 rings (SSSR count). The standard InChI is InChI=1S/C33H26/c1-5-23-6-7-26(19-22(23)4)28-12-8-24-11-15-31-29(27-17-20(2)16-21(3)18-27)13-9-25-10-14-30(28)32(24)33(25)31/h5-19H,1H2,2-4H3. The number of hydrogen-bond donors (Lipinski definition) is 0. The fourth-order valence-electron chi connectivity index (χ4n) is 5.51.